The van der Waals surface area contributed by atoms with E-state index in [9.17, 15) is 0 Å². The fraction of sp³-hybridized carbons (Fsp3) is 0.231. The van der Waals surface area contributed by atoms with Gasteiger partial charge < -0.3 is 4.90 Å². The zero-order valence-corrected chi connectivity index (χ0v) is 11.6. The largest absolute Gasteiger partial charge is 0.355 e. The summed E-state index contributed by atoms with van der Waals surface area (Å²) in [5, 5.41) is 0.748. The van der Waals surface area contributed by atoms with Crippen LogP contribution < -0.4 is 16.2 Å². The van der Waals surface area contributed by atoms with Crippen molar-refractivity contribution in [1.29, 1.82) is 0 Å². The number of rotatable bonds is 4. The molecule has 0 aliphatic rings. The summed E-state index contributed by atoms with van der Waals surface area (Å²) in [4.78, 5) is 10.5. The maximum Gasteiger partial charge on any atom is 0.239 e. The smallest absolute Gasteiger partial charge is 0.239 e. The van der Waals surface area contributed by atoms with Gasteiger partial charge in [0.05, 0.1) is 0 Å². The highest BCUT2D eigenvalue weighted by molar-refractivity contribution is 6.31. The zero-order valence-electron chi connectivity index (χ0n) is 10.9. The number of nitrogen functional groups attached to an aromatic ring is 1. The Labute approximate surface area is 117 Å². The highest BCUT2D eigenvalue weighted by Gasteiger charge is 2.08. The Kier molecular flexibility index (Phi) is 4.19. The lowest BCUT2D eigenvalue weighted by Crippen LogP contribution is -2.20. The zero-order chi connectivity index (χ0) is 13.8. The number of nitrogens with zero attached hydrogens (tertiary/aromatic N) is 3. The van der Waals surface area contributed by atoms with E-state index < -0.39 is 0 Å². The summed E-state index contributed by atoms with van der Waals surface area (Å²) >= 11 is 6.15. The van der Waals surface area contributed by atoms with Crippen LogP contribution in [0.15, 0.2) is 30.3 Å². The summed E-state index contributed by atoms with van der Waals surface area (Å²) in [6, 6.07) is 9.65. The highest BCUT2D eigenvalue weighted by Crippen LogP contribution is 2.20. The Morgan fingerprint density at radius 2 is 2.05 bits per heavy atom. The van der Waals surface area contributed by atoms with Crippen LogP contribution in [0, 0.1) is 6.92 Å². The van der Waals surface area contributed by atoms with Gasteiger partial charge in [-0.15, -0.1) is 0 Å². The van der Waals surface area contributed by atoms with E-state index in [1.54, 1.807) is 0 Å². The van der Waals surface area contributed by atoms with Crippen molar-refractivity contribution in [3.63, 3.8) is 0 Å². The van der Waals surface area contributed by atoms with Gasteiger partial charge in [-0.05, 0) is 18.6 Å². The molecule has 3 N–H and O–H groups in total. The normalized spacial score (nSPS) is 10.3. The summed E-state index contributed by atoms with van der Waals surface area (Å²) in [6.07, 6.45) is 0. The number of benzene rings is 1. The molecule has 0 aliphatic heterocycles. The number of aromatic nitrogens is 2. The summed E-state index contributed by atoms with van der Waals surface area (Å²) in [5.74, 6) is 6.55. The molecule has 6 heteroatoms. The van der Waals surface area contributed by atoms with Gasteiger partial charge in [0.1, 0.15) is 5.82 Å². The lowest BCUT2D eigenvalue weighted by atomic mass is 10.2. The Bertz CT molecular complexity index is 573. The van der Waals surface area contributed by atoms with Crippen molar-refractivity contribution in [2.45, 2.75) is 13.5 Å². The van der Waals surface area contributed by atoms with E-state index in [0.29, 0.717) is 12.5 Å². The number of hydrogen-bond donors (Lipinski definition) is 2. The monoisotopic (exact) mass is 277 g/mol. The molecule has 0 saturated heterocycles. The minimum absolute atomic E-state index is 0.404. The lowest BCUT2D eigenvalue weighted by Gasteiger charge is -2.19. The number of anilines is 2. The van der Waals surface area contributed by atoms with E-state index in [1.165, 1.54) is 0 Å². The molecule has 0 fully saturated rings. The van der Waals surface area contributed by atoms with Crippen LogP contribution >= 0.6 is 11.6 Å². The summed E-state index contributed by atoms with van der Waals surface area (Å²) in [6.45, 7) is 2.56. The van der Waals surface area contributed by atoms with Gasteiger partial charge in [0.2, 0.25) is 5.95 Å². The fourth-order valence-electron chi connectivity index (χ4n) is 1.78. The van der Waals surface area contributed by atoms with Crippen LogP contribution in [0.1, 0.15) is 11.3 Å². The summed E-state index contributed by atoms with van der Waals surface area (Å²) in [5.41, 5.74) is 4.36. The van der Waals surface area contributed by atoms with Crippen molar-refractivity contribution >= 4 is 23.4 Å². The predicted molar refractivity (Wildman–Crippen MR) is 78.1 cm³/mol. The van der Waals surface area contributed by atoms with E-state index in [-0.39, 0.29) is 0 Å². The first-order chi connectivity index (χ1) is 9.10. The van der Waals surface area contributed by atoms with E-state index in [4.69, 9.17) is 17.4 Å². The molecule has 5 nitrogen and oxygen atoms in total. The second-order valence-corrected chi connectivity index (χ2v) is 4.69. The fourth-order valence-corrected chi connectivity index (χ4v) is 1.97. The minimum Gasteiger partial charge on any atom is -0.355 e. The molecule has 1 aromatic heterocycles. The van der Waals surface area contributed by atoms with Crippen LogP contribution in [0.2, 0.25) is 5.02 Å². The third kappa shape index (κ3) is 3.33. The average Bonchev–Trinajstić information content (AvgIpc) is 2.40. The molecule has 1 aromatic carbocycles. The standard InChI is InChI=1S/C13H16ClN5/c1-9-7-12(17-13(16-9)18-15)19(2)8-10-5-3-4-6-11(10)14/h3-7H,8,15H2,1-2H3,(H,16,17,18). The number of halogens is 1. The van der Waals surface area contributed by atoms with Crippen LogP contribution in [0.4, 0.5) is 11.8 Å². The van der Waals surface area contributed by atoms with Gasteiger partial charge in [-0.3, -0.25) is 5.43 Å². The van der Waals surface area contributed by atoms with Crippen LogP contribution in [-0.4, -0.2) is 17.0 Å². The topological polar surface area (TPSA) is 67.1 Å². The number of nitrogens with two attached hydrogens (primary N) is 1. The van der Waals surface area contributed by atoms with E-state index >= 15 is 0 Å². The molecule has 0 bridgehead atoms. The van der Waals surface area contributed by atoms with Crippen LogP contribution in [0.5, 0.6) is 0 Å². The van der Waals surface area contributed by atoms with Crippen molar-refractivity contribution in [2.75, 3.05) is 17.4 Å². The van der Waals surface area contributed by atoms with Crippen molar-refractivity contribution in [3.8, 4) is 0 Å². The second-order valence-electron chi connectivity index (χ2n) is 4.28. The number of hydrazine groups is 1. The van der Waals surface area contributed by atoms with Gasteiger partial charge in [-0.2, -0.15) is 4.98 Å². The highest BCUT2D eigenvalue weighted by atomic mass is 35.5. The first kappa shape index (κ1) is 13.6. The van der Waals surface area contributed by atoms with Crippen molar-refractivity contribution in [2.24, 2.45) is 5.84 Å². The van der Waals surface area contributed by atoms with E-state index in [1.807, 2.05) is 49.2 Å². The van der Waals surface area contributed by atoms with Gasteiger partial charge in [-0.1, -0.05) is 29.8 Å². The SMILES string of the molecule is Cc1cc(N(C)Cc2ccccc2Cl)nc(NN)n1. The summed E-state index contributed by atoms with van der Waals surface area (Å²) < 4.78 is 0. The molecule has 0 spiro atoms. The van der Waals surface area contributed by atoms with E-state index in [0.717, 1.165) is 22.1 Å². The van der Waals surface area contributed by atoms with Crippen molar-refractivity contribution < 1.29 is 0 Å². The molecular weight excluding hydrogens is 262 g/mol. The average molecular weight is 278 g/mol. The second kappa shape index (κ2) is 5.86. The third-order valence-electron chi connectivity index (χ3n) is 2.73. The van der Waals surface area contributed by atoms with Crippen molar-refractivity contribution in [1.82, 2.24) is 9.97 Å². The molecule has 0 amide bonds. The van der Waals surface area contributed by atoms with Gasteiger partial charge in [0, 0.05) is 30.4 Å². The van der Waals surface area contributed by atoms with Gasteiger partial charge in [-0.25, -0.2) is 10.8 Å². The first-order valence-corrected chi connectivity index (χ1v) is 6.25. The Hall–Kier alpha value is -1.85. The van der Waals surface area contributed by atoms with Crippen LogP contribution in [0.25, 0.3) is 0 Å². The molecule has 0 unspecified atom stereocenters. The number of aryl methyl sites for hydroxylation is 1. The molecule has 0 atom stereocenters. The molecule has 2 rings (SSSR count). The quantitative estimate of drug-likeness (QED) is 0.663. The molecule has 19 heavy (non-hydrogen) atoms. The minimum atomic E-state index is 0.404. The van der Waals surface area contributed by atoms with Gasteiger partial charge in [0.25, 0.3) is 0 Å². The molecule has 0 radical (unpaired) electrons. The molecule has 0 aliphatic carbocycles. The Morgan fingerprint density at radius 3 is 2.74 bits per heavy atom. The van der Waals surface area contributed by atoms with Crippen molar-refractivity contribution in [3.05, 3.63) is 46.6 Å². The van der Waals surface area contributed by atoms with E-state index in [2.05, 4.69) is 15.4 Å². The molecule has 100 valence electrons. The molecule has 1 heterocycles. The third-order valence-corrected chi connectivity index (χ3v) is 3.09. The Morgan fingerprint density at radius 1 is 1.32 bits per heavy atom. The maximum absolute atomic E-state index is 6.15. The van der Waals surface area contributed by atoms with Gasteiger partial charge >= 0.3 is 0 Å². The lowest BCUT2D eigenvalue weighted by molar-refractivity contribution is 0.886. The Balaban J connectivity index is 2.22. The summed E-state index contributed by atoms with van der Waals surface area (Å²) in [7, 11) is 1.95. The number of hydrogen-bond acceptors (Lipinski definition) is 5. The van der Waals surface area contributed by atoms with Gasteiger partial charge in [0.15, 0.2) is 0 Å². The predicted octanol–water partition coefficient (Wildman–Crippen LogP) is 2.36. The number of nitrogens with one attached hydrogen (secondary N) is 1. The molecular formula is C13H16ClN5. The first-order valence-electron chi connectivity index (χ1n) is 5.87. The van der Waals surface area contributed by atoms with Crippen LogP contribution in [-0.2, 0) is 6.54 Å². The van der Waals surface area contributed by atoms with Crippen LogP contribution in [0.3, 0.4) is 0 Å². The maximum atomic E-state index is 6.15. The molecule has 0 saturated carbocycles. The molecule has 2 aromatic rings.